The summed E-state index contributed by atoms with van der Waals surface area (Å²) in [5, 5.41) is 0. The van der Waals surface area contributed by atoms with Gasteiger partial charge < -0.3 is 1.43 Å². The van der Waals surface area contributed by atoms with Gasteiger partial charge in [-0.05, 0) is 0 Å². The van der Waals surface area contributed by atoms with E-state index >= 15 is 0 Å². The molecule has 0 fully saturated rings. The van der Waals surface area contributed by atoms with Crippen LogP contribution in [0.2, 0.25) is 0 Å². The fourth-order valence-corrected chi connectivity index (χ4v) is 0. The quantitative estimate of drug-likeness (QED) is 0.289. The minimum Gasteiger partial charge on any atom is -1.00 e. The van der Waals surface area contributed by atoms with Gasteiger partial charge in [0.05, 0.1) is 0 Å². The molecule has 0 nitrogen and oxygen atoms in total. The zero-order valence-corrected chi connectivity index (χ0v) is 4.11. The summed E-state index contributed by atoms with van der Waals surface area (Å²) in [4.78, 5) is 0. The Bertz CT molecular complexity index is 14.4. The molecule has 0 radical (unpaired) electrons. The van der Waals surface area contributed by atoms with E-state index in [1.807, 2.05) is 0 Å². The Labute approximate surface area is 44.5 Å². The van der Waals surface area contributed by atoms with Crippen molar-refractivity contribution < 1.29 is 1.43 Å². The van der Waals surface area contributed by atoms with Crippen LogP contribution in [0, 0.1) is 6.92 Å². The molecule has 0 rings (SSSR count). The van der Waals surface area contributed by atoms with Gasteiger partial charge in [0.25, 0.3) is 0 Å². The zero-order chi connectivity index (χ0) is 2.71. The summed E-state index contributed by atoms with van der Waals surface area (Å²) in [7, 11) is 0. The Kier molecular flexibility index (Phi) is 22.2. The van der Waals surface area contributed by atoms with Crippen LogP contribution in [-0.4, -0.2) is 23.1 Å². The van der Waals surface area contributed by atoms with Gasteiger partial charge in [-0.2, -0.15) is 0 Å². The van der Waals surface area contributed by atoms with Crippen molar-refractivity contribution in [2.24, 2.45) is 0 Å². The van der Waals surface area contributed by atoms with Crippen molar-refractivity contribution in [3.63, 3.8) is 0 Å². The second-order valence-electron chi connectivity index (χ2n) is 0.289. The topological polar surface area (TPSA) is 0 Å². The maximum Gasteiger partial charge on any atom is 2.00 e. The van der Waals surface area contributed by atoms with Gasteiger partial charge in [0.15, 0.2) is 0 Å². The van der Waals surface area contributed by atoms with Crippen LogP contribution in [0.1, 0.15) is 1.43 Å². The minimum atomic E-state index is 0. The molecule has 0 atom stereocenters. The van der Waals surface area contributed by atoms with Crippen LogP contribution in [-0.2, 0) is 0 Å². The Morgan fingerprint density at radius 3 is 2.00 bits per heavy atom. The molecule has 0 amide bonds. The molecule has 0 aliphatic rings. The Hall–Kier alpha value is 0.376. The summed E-state index contributed by atoms with van der Waals surface area (Å²) in [6, 6.07) is 0. The molecule has 0 aliphatic heterocycles. The van der Waals surface area contributed by atoms with Crippen LogP contribution in [0.3, 0.4) is 0 Å². The van der Waals surface area contributed by atoms with Gasteiger partial charge in [-0.3, -0.25) is 0 Å². The second-order valence-corrected chi connectivity index (χ2v) is 0.289. The Morgan fingerprint density at radius 2 is 2.00 bits per heavy atom. The average Bonchev–Trinajstić information content (AvgIpc) is 0.918. The molecule has 0 aliphatic carbocycles. The molecule has 0 heterocycles. The van der Waals surface area contributed by atoms with Gasteiger partial charge in [-0.1, -0.05) is 0 Å². The maximum absolute atomic E-state index is 3.25. The van der Waals surface area contributed by atoms with E-state index in [1.54, 1.807) is 0 Å². The molecule has 0 saturated heterocycles. The van der Waals surface area contributed by atoms with Gasteiger partial charge in [0, 0.05) is 0 Å². The van der Waals surface area contributed by atoms with Crippen LogP contribution in [0.4, 0.5) is 0 Å². The van der Waals surface area contributed by atoms with E-state index in [0.29, 0.717) is 0 Å². The second kappa shape index (κ2) is 10.1. The van der Waals surface area contributed by atoms with E-state index in [1.165, 1.54) is 6.08 Å². The summed E-state index contributed by atoms with van der Waals surface area (Å²) in [5.41, 5.74) is 0. The standard InChI is InChI=1S/C3H5.Mg.H/c1-3-2;;/h3H,1-2H2;;/q-1;+2;-1. The summed E-state index contributed by atoms with van der Waals surface area (Å²) in [5.74, 6) is 0. The largest absolute Gasteiger partial charge is 2.00 e. The molecule has 0 unspecified atom stereocenters. The van der Waals surface area contributed by atoms with E-state index in [0.717, 1.165) is 0 Å². The number of allylic oxidation sites excluding steroid dienone is 1. The molecule has 0 aromatic carbocycles. The maximum atomic E-state index is 3.25. The molecule has 0 bridgehead atoms. The van der Waals surface area contributed by atoms with Gasteiger partial charge in [0.2, 0.25) is 0 Å². The normalized spacial score (nSPS) is 3.00. The molecule has 1 heteroatoms. The van der Waals surface area contributed by atoms with Crippen molar-refractivity contribution in [2.45, 2.75) is 0 Å². The van der Waals surface area contributed by atoms with Crippen LogP contribution >= 0.6 is 0 Å². The third-order valence-corrected chi connectivity index (χ3v) is 0. The van der Waals surface area contributed by atoms with E-state index in [9.17, 15) is 0 Å². The summed E-state index contributed by atoms with van der Waals surface area (Å²) < 4.78 is 0. The fourth-order valence-electron chi connectivity index (χ4n) is 0. The molecular weight excluding hydrogens is 60.3 g/mol. The van der Waals surface area contributed by atoms with E-state index in [2.05, 4.69) is 13.5 Å². The smallest absolute Gasteiger partial charge is 1.00 e. The predicted octanol–water partition coefficient (Wildman–Crippen LogP) is 0.738. The molecule has 0 saturated carbocycles. The SMILES string of the molecule is C=C[CH2-].[H-].[Mg+2]. The molecule has 0 N–H and O–H groups in total. The first kappa shape index (κ1) is 8.83. The fraction of sp³-hybridized carbons (Fsp3) is 0. The molecule has 20 valence electrons. The van der Waals surface area contributed by atoms with E-state index in [4.69, 9.17) is 0 Å². The third-order valence-electron chi connectivity index (χ3n) is 0. The van der Waals surface area contributed by atoms with Crippen molar-refractivity contribution in [3.05, 3.63) is 19.6 Å². The van der Waals surface area contributed by atoms with Crippen molar-refractivity contribution in [2.75, 3.05) is 0 Å². The number of hydrogen-bond donors (Lipinski definition) is 0. The molecule has 4 heavy (non-hydrogen) atoms. The minimum absolute atomic E-state index is 0. The van der Waals surface area contributed by atoms with Crippen molar-refractivity contribution in [1.29, 1.82) is 0 Å². The first-order valence-corrected chi connectivity index (χ1v) is 0.816. The molecular formula is C3H6Mg. The average molecular weight is 66.4 g/mol. The third kappa shape index (κ3) is 31.8. The molecule has 0 aromatic heterocycles. The molecule has 0 aromatic rings. The number of hydrogen-bond acceptors (Lipinski definition) is 0. The predicted molar refractivity (Wildman–Crippen MR) is 22.4 cm³/mol. The number of rotatable bonds is 0. The first-order valence-electron chi connectivity index (χ1n) is 0.816. The summed E-state index contributed by atoms with van der Waals surface area (Å²) >= 11 is 0. The van der Waals surface area contributed by atoms with Crippen molar-refractivity contribution in [3.8, 4) is 0 Å². The van der Waals surface area contributed by atoms with Crippen LogP contribution in [0.5, 0.6) is 0 Å². The summed E-state index contributed by atoms with van der Waals surface area (Å²) in [6.07, 6.45) is 1.50. The Balaban J connectivity index is -0.0000000200. The van der Waals surface area contributed by atoms with Gasteiger partial charge in [-0.25, -0.2) is 19.6 Å². The van der Waals surface area contributed by atoms with E-state index < -0.39 is 0 Å². The van der Waals surface area contributed by atoms with Crippen LogP contribution < -0.4 is 0 Å². The van der Waals surface area contributed by atoms with Crippen LogP contribution in [0.25, 0.3) is 0 Å². The Morgan fingerprint density at radius 1 is 2.00 bits per heavy atom. The first-order chi connectivity index (χ1) is 1.41. The van der Waals surface area contributed by atoms with E-state index in [-0.39, 0.29) is 24.5 Å². The zero-order valence-electron chi connectivity index (χ0n) is 3.70. The van der Waals surface area contributed by atoms with Gasteiger partial charge in [-0.15, -0.1) is 0 Å². The van der Waals surface area contributed by atoms with Crippen LogP contribution in [0.15, 0.2) is 12.7 Å². The van der Waals surface area contributed by atoms with Gasteiger partial charge >= 0.3 is 23.1 Å². The molecule has 0 spiro atoms. The summed E-state index contributed by atoms with van der Waals surface area (Å²) in [6.45, 7) is 6.50. The van der Waals surface area contributed by atoms with Crippen molar-refractivity contribution in [1.82, 2.24) is 0 Å². The van der Waals surface area contributed by atoms with Gasteiger partial charge in [0.1, 0.15) is 0 Å². The van der Waals surface area contributed by atoms with Crippen molar-refractivity contribution >= 4 is 23.1 Å². The monoisotopic (exact) mass is 66.0 g/mol.